The summed E-state index contributed by atoms with van der Waals surface area (Å²) in [5.74, 6) is 0.930. The van der Waals surface area contributed by atoms with Crippen LogP contribution in [0, 0.1) is 5.92 Å². The Kier molecular flexibility index (Phi) is 5.27. The molecule has 0 spiro atoms. The summed E-state index contributed by atoms with van der Waals surface area (Å²) >= 11 is 0. The largest absolute Gasteiger partial charge is 0.394 e. The van der Waals surface area contributed by atoms with Crippen LogP contribution in [-0.2, 0) is 0 Å². The lowest BCUT2D eigenvalue weighted by Crippen LogP contribution is -2.56. The van der Waals surface area contributed by atoms with E-state index in [1.807, 2.05) is 0 Å². The maximum Gasteiger partial charge on any atom is 0.0613 e. The third-order valence-electron chi connectivity index (χ3n) is 5.39. The fraction of sp³-hybridized carbons (Fsp3) is 1.00. The highest BCUT2D eigenvalue weighted by Crippen LogP contribution is 2.38. The molecule has 3 heteroatoms. The molecule has 19 heavy (non-hydrogen) atoms. The van der Waals surface area contributed by atoms with Crippen molar-refractivity contribution in [1.29, 1.82) is 0 Å². The Morgan fingerprint density at radius 2 is 2.11 bits per heavy atom. The topological polar surface area (TPSA) is 35.5 Å². The molecule has 0 aromatic carbocycles. The van der Waals surface area contributed by atoms with Crippen LogP contribution in [-0.4, -0.2) is 47.8 Å². The Hall–Kier alpha value is -0.120. The molecule has 0 radical (unpaired) electrons. The second-order valence-electron chi connectivity index (χ2n) is 6.86. The number of nitrogens with zero attached hydrogens (tertiary/aromatic N) is 1. The van der Waals surface area contributed by atoms with Crippen molar-refractivity contribution in [2.24, 2.45) is 5.92 Å². The van der Waals surface area contributed by atoms with Crippen molar-refractivity contribution in [1.82, 2.24) is 10.2 Å². The molecular formula is C16H32N2O. The molecule has 0 saturated heterocycles. The molecule has 0 aromatic heterocycles. The zero-order valence-corrected chi connectivity index (χ0v) is 13.0. The molecule has 0 heterocycles. The molecule has 0 aromatic rings. The molecule has 2 N–H and O–H groups in total. The van der Waals surface area contributed by atoms with Crippen LogP contribution in [0.2, 0.25) is 0 Å². The summed E-state index contributed by atoms with van der Waals surface area (Å²) in [6, 6.07) is 1.35. The first kappa shape index (κ1) is 15.3. The van der Waals surface area contributed by atoms with E-state index in [9.17, 15) is 5.11 Å². The Labute approximate surface area is 118 Å². The minimum Gasteiger partial charge on any atom is -0.394 e. The van der Waals surface area contributed by atoms with Crippen LogP contribution < -0.4 is 5.32 Å². The third-order valence-corrected chi connectivity index (χ3v) is 5.39. The zero-order valence-electron chi connectivity index (χ0n) is 13.0. The average molecular weight is 268 g/mol. The first-order valence-corrected chi connectivity index (χ1v) is 8.19. The molecule has 2 aliphatic carbocycles. The molecule has 2 aliphatic rings. The zero-order chi connectivity index (χ0) is 13.9. The van der Waals surface area contributed by atoms with Gasteiger partial charge in [-0.3, -0.25) is 0 Å². The highest BCUT2D eigenvalue weighted by Gasteiger charge is 2.40. The van der Waals surface area contributed by atoms with Gasteiger partial charge in [0.05, 0.1) is 6.61 Å². The Morgan fingerprint density at radius 1 is 1.37 bits per heavy atom. The van der Waals surface area contributed by atoms with E-state index in [0.29, 0.717) is 12.1 Å². The number of nitrogens with one attached hydrogen (secondary N) is 1. The second-order valence-corrected chi connectivity index (χ2v) is 6.86. The fourth-order valence-corrected chi connectivity index (χ4v) is 3.67. The first-order chi connectivity index (χ1) is 9.12. The van der Waals surface area contributed by atoms with Crippen LogP contribution >= 0.6 is 0 Å². The van der Waals surface area contributed by atoms with Gasteiger partial charge in [0.1, 0.15) is 0 Å². The molecule has 2 rings (SSSR count). The van der Waals surface area contributed by atoms with Crippen molar-refractivity contribution in [3.8, 4) is 0 Å². The summed E-state index contributed by atoms with van der Waals surface area (Å²) in [7, 11) is 2.29. The smallest absolute Gasteiger partial charge is 0.0613 e. The fourth-order valence-electron chi connectivity index (χ4n) is 3.67. The lowest BCUT2D eigenvalue weighted by atomic mass is 9.78. The molecule has 2 fully saturated rings. The standard InChI is InChI=1S/C16H32N2O/c1-4-10-17-16(12-19)9-5-6-15(11-16)18(3)13(2)14-7-8-14/h13-15,17,19H,4-12H2,1-3H3. The molecule has 3 atom stereocenters. The van der Waals surface area contributed by atoms with Gasteiger partial charge in [0.2, 0.25) is 0 Å². The summed E-state index contributed by atoms with van der Waals surface area (Å²) in [6.45, 7) is 5.89. The number of hydrogen-bond donors (Lipinski definition) is 2. The van der Waals surface area contributed by atoms with Gasteiger partial charge >= 0.3 is 0 Å². The van der Waals surface area contributed by atoms with Crippen LogP contribution in [0.1, 0.15) is 58.8 Å². The molecular weight excluding hydrogens is 236 g/mol. The molecule has 3 nitrogen and oxygen atoms in total. The number of hydrogen-bond acceptors (Lipinski definition) is 3. The quantitative estimate of drug-likeness (QED) is 0.744. The van der Waals surface area contributed by atoms with Crippen molar-refractivity contribution < 1.29 is 5.11 Å². The summed E-state index contributed by atoms with van der Waals surface area (Å²) in [4.78, 5) is 2.59. The summed E-state index contributed by atoms with van der Waals surface area (Å²) < 4.78 is 0. The second kappa shape index (κ2) is 6.55. The van der Waals surface area contributed by atoms with E-state index in [1.165, 1.54) is 25.7 Å². The summed E-state index contributed by atoms with van der Waals surface area (Å²) in [6.07, 6.45) is 8.74. The van der Waals surface area contributed by atoms with Crippen LogP contribution in [0.3, 0.4) is 0 Å². The maximum atomic E-state index is 9.85. The Balaban J connectivity index is 1.94. The van der Waals surface area contributed by atoms with E-state index in [4.69, 9.17) is 0 Å². The minimum atomic E-state index is -0.0174. The lowest BCUT2D eigenvalue weighted by molar-refractivity contribution is 0.0515. The van der Waals surface area contributed by atoms with Crippen LogP contribution in [0.15, 0.2) is 0 Å². The van der Waals surface area contributed by atoms with Gasteiger partial charge in [-0.05, 0) is 71.4 Å². The van der Waals surface area contributed by atoms with E-state index >= 15 is 0 Å². The number of aliphatic hydroxyl groups excluding tert-OH is 1. The van der Waals surface area contributed by atoms with E-state index in [-0.39, 0.29) is 12.1 Å². The Bertz CT molecular complexity index is 280. The highest BCUT2D eigenvalue weighted by atomic mass is 16.3. The van der Waals surface area contributed by atoms with E-state index in [2.05, 4.69) is 31.1 Å². The number of aliphatic hydroxyl groups is 1. The van der Waals surface area contributed by atoms with Gasteiger partial charge in [-0.2, -0.15) is 0 Å². The van der Waals surface area contributed by atoms with Crippen molar-refractivity contribution in [2.75, 3.05) is 20.2 Å². The SMILES string of the molecule is CCCNC1(CO)CCCC(N(C)C(C)C2CC2)C1. The van der Waals surface area contributed by atoms with Gasteiger partial charge < -0.3 is 15.3 Å². The van der Waals surface area contributed by atoms with Gasteiger partial charge in [-0.1, -0.05) is 6.92 Å². The van der Waals surface area contributed by atoms with Gasteiger partial charge in [0, 0.05) is 17.6 Å². The van der Waals surface area contributed by atoms with E-state index in [1.54, 1.807) is 0 Å². The maximum absolute atomic E-state index is 9.85. The highest BCUT2D eigenvalue weighted by molar-refractivity contribution is 4.98. The van der Waals surface area contributed by atoms with Gasteiger partial charge in [-0.25, -0.2) is 0 Å². The molecule has 0 aliphatic heterocycles. The van der Waals surface area contributed by atoms with Crippen LogP contribution in [0.4, 0.5) is 0 Å². The van der Waals surface area contributed by atoms with Gasteiger partial charge in [0.15, 0.2) is 0 Å². The lowest BCUT2D eigenvalue weighted by Gasteiger charge is -2.45. The Morgan fingerprint density at radius 3 is 2.68 bits per heavy atom. The van der Waals surface area contributed by atoms with Gasteiger partial charge in [-0.15, -0.1) is 0 Å². The average Bonchev–Trinajstić information content (AvgIpc) is 3.28. The summed E-state index contributed by atoms with van der Waals surface area (Å²) in [5, 5.41) is 13.5. The molecule has 112 valence electrons. The molecule has 3 unspecified atom stereocenters. The predicted molar refractivity (Wildman–Crippen MR) is 80.3 cm³/mol. The van der Waals surface area contributed by atoms with Crippen molar-refractivity contribution in [3.63, 3.8) is 0 Å². The molecule has 0 amide bonds. The number of rotatable bonds is 7. The van der Waals surface area contributed by atoms with Crippen LogP contribution in [0.5, 0.6) is 0 Å². The molecule has 2 saturated carbocycles. The van der Waals surface area contributed by atoms with E-state index < -0.39 is 0 Å². The first-order valence-electron chi connectivity index (χ1n) is 8.19. The van der Waals surface area contributed by atoms with Crippen molar-refractivity contribution >= 4 is 0 Å². The third kappa shape index (κ3) is 3.71. The summed E-state index contributed by atoms with van der Waals surface area (Å²) in [5.41, 5.74) is -0.0174. The predicted octanol–water partition coefficient (Wildman–Crippen LogP) is 2.39. The minimum absolute atomic E-state index is 0.0174. The normalized spacial score (nSPS) is 33.6. The van der Waals surface area contributed by atoms with Crippen molar-refractivity contribution in [2.45, 2.75) is 76.4 Å². The van der Waals surface area contributed by atoms with Gasteiger partial charge in [0.25, 0.3) is 0 Å². The van der Waals surface area contributed by atoms with Crippen molar-refractivity contribution in [3.05, 3.63) is 0 Å². The molecule has 0 bridgehead atoms. The monoisotopic (exact) mass is 268 g/mol. The van der Waals surface area contributed by atoms with Crippen LogP contribution in [0.25, 0.3) is 0 Å². The van der Waals surface area contributed by atoms with E-state index in [0.717, 1.165) is 31.7 Å².